The molecule has 1 aromatic carbocycles. The summed E-state index contributed by atoms with van der Waals surface area (Å²) in [6.07, 6.45) is 2.51. The zero-order chi connectivity index (χ0) is 12.3. The first-order valence-corrected chi connectivity index (χ1v) is 5.19. The Morgan fingerprint density at radius 2 is 1.88 bits per heavy atom. The molecule has 0 spiro atoms. The van der Waals surface area contributed by atoms with Crippen molar-refractivity contribution in [1.29, 1.82) is 0 Å². The number of carbonyl (C=O) groups is 2. The van der Waals surface area contributed by atoms with Gasteiger partial charge in [-0.25, -0.2) is 0 Å². The average molecular weight is 232 g/mol. The molecule has 0 aromatic heterocycles. The average Bonchev–Trinajstić information content (AvgIpc) is 2.61. The van der Waals surface area contributed by atoms with Gasteiger partial charge in [0, 0.05) is 23.9 Å². The Bertz CT molecular complexity index is 464. The van der Waals surface area contributed by atoms with Gasteiger partial charge in [0.25, 0.3) is 11.8 Å². The van der Waals surface area contributed by atoms with Crippen LogP contribution in [-0.2, 0) is 9.59 Å². The molecular formula is C12H12N2O3. The molecule has 0 saturated heterocycles. The summed E-state index contributed by atoms with van der Waals surface area (Å²) in [6.45, 7) is 0.488. The maximum absolute atomic E-state index is 11.2. The predicted molar refractivity (Wildman–Crippen MR) is 62.2 cm³/mol. The van der Waals surface area contributed by atoms with Gasteiger partial charge in [-0.15, -0.1) is 0 Å². The fourth-order valence-corrected chi connectivity index (χ4v) is 1.51. The van der Waals surface area contributed by atoms with Gasteiger partial charge in [-0.1, -0.05) is 6.07 Å². The highest BCUT2D eigenvalue weighted by atomic mass is 16.5. The second-order valence-electron chi connectivity index (χ2n) is 3.58. The molecule has 0 bridgehead atoms. The van der Waals surface area contributed by atoms with Crippen molar-refractivity contribution in [1.82, 2.24) is 4.90 Å². The largest absolute Gasteiger partial charge is 0.492 e. The number of hydrogen-bond acceptors (Lipinski definition) is 4. The lowest BCUT2D eigenvalue weighted by atomic mass is 10.3. The van der Waals surface area contributed by atoms with Gasteiger partial charge >= 0.3 is 0 Å². The van der Waals surface area contributed by atoms with Crippen molar-refractivity contribution in [3.63, 3.8) is 0 Å². The second kappa shape index (κ2) is 4.69. The van der Waals surface area contributed by atoms with Crippen LogP contribution in [0.1, 0.15) is 0 Å². The number of nitrogens with two attached hydrogens (primary N) is 1. The van der Waals surface area contributed by atoms with Crippen LogP contribution in [-0.4, -0.2) is 29.9 Å². The number of ether oxygens (including phenoxy) is 1. The van der Waals surface area contributed by atoms with Crippen molar-refractivity contribution in [2.45, 2.75) is 0 Å². The number of nitrogen functional groups attached to an aromatic ring is 1. The second-order valence-corrected chi connectivity index (χ2v) is 3.58. The number of anilines is 1. The van der Waals surface area contributed by atoms with Gasteiger partial charge in [-0.05, 0) is 12.1 Å². The molecular weight excluding hydrogens is 220 g/mol. The Morgan fingerprint density at radius 3 is 2.53 bits per heavy atom. The smallest absolute Gasteiger partial charge is 0.253 e. The molecule has 0 aliphatic carbocycles. The summed E-state index contributed by atoms with van der Waals surface area (Å²) < 4.78 is 5.39. The topological polar surface area (TPSA) is 72.6 Å². The molecule has 0 radical (unpaired) electrons. The third-order valence-electron chi connectivity index (χ3n) is 2.34. The molecule has 88 valence electrons. The van der Waals surface area contributed by atoms with E-state index in [4.69, 9.17) is 10.5 Å². The number of carbonyl (C=O) groups excluding carboxylic acids is 2. The summed E-state index contributed by atoms with van der Waals surface area (Å²) >= 11 is 0. The van der Waals surface area contributed by atoms with Gasteiger partial charge in [0.1, 0.15) is 12.4 Å². The summed E-state index contributed by atoms with van der Waals surface area (Å²) in [4.78, 5) is 23.6. The van der Waals surface area contributed by atoms with Crippen LogP contribution in [0.25, 0.3) is 0 Å². The van der Waals surface area contributed by atoms with Crippen molar-refractivity contribution < 1.29 is 14.3 Å². The molecule has 2 amide bonds. The van der Waals surface area contributed by atoms with Crippen LogP contribution in [0, 0.1) is 0 Å². The van der Waals surface area contributed by atoms with Crippen LogP contribution in [0.15, 0.2) is 36.4 Å². The highest BCUT2D eigenvalue weighted by Gasteiger charge is 2.22. The monoisotopic (exact) mass is 232 g/mol. The summed E-state index contributed by atoms with van der Waals surface area (Å²) in [7, 11) is 0. The zero-order valence-corrected chi connectivity index (χ0v) is 9.13. The first-order chi connectivity index (χ1) is 8.16. The van der Waals surface area contributed by atoms with Gasteiger partial charge in [0.2, 0.25) is 0 Å². The molecule has 0 unspecified atom stereocenters. The van der Waals surface area contributed by atoms with E-state index < -0.39 is 0 Å². The Balaban J connectivity index is 1.84. The molecule has 17 heavy (non-hydrogen) atoms. The lowest BCUT2D eigenvalue weighted by molar-refractivity contribution is -0.137. The Kier molecular flexibility index (Phi) is 3.09. The number of amides is 2. The first kappa shape index (κ1) is 11.2. The number of benzene rings is 1. The molecule has 5 heteroatoms. The van der Waals surface area contributed by atoms with Crippen LogP contribution in [0.2, 0.25) is 0 Å². The van der Waals surface area contributed by atoms with Crippen LogP contribution in [0.3, 0.4) is 0 Å². The zero-order valence-electron chi connectivity index (χ0n) is 9.13. The van der Waals surface area contributed by atoms with E-state index in [0.29, 0.717) is 11.4 Å². The molecule has 2 N–H and O–H groups in total. The van der Waals surface area contributed by atoms with Crippen molar-refractivity contribution >= 4 is 17.5 Å². The quantitative estimate of drug-likeness (QED) is 0.608. The highest BCUT2D eigenvalue weighted by Crippen LogP contribution is 2.14. The molecule has 0 atom stereocenters. The van der Waals surface area contributed by atoms with Crippen LogP contribution in [0.5, 0.6) is 5.75 Å². The van der Waals surface area contributed by atoms with E-state index in [-0.39, 0.29) is 25.0 Å². The van der Waals surface area contributed by atoms with E-state index in [2.05, 4.69) is 0 Å². The Hall–Kier alpha value is -2.30. The SMILES string of the molecule is Nc1cccc(OCCN2C(=O)C=CC2=O)c1. The summed E-state index contributed by atoms with van der Waals surface area (Å²) in [5.41, 5.74) is 6.20. The van der Waals surface area contributed by atoms with E-state index in [1.54, 1.807) is 24.3 Å². The Labute approximate surface area is 98.5 Å². The minimum atomic E-state index is -0.300. The van der Waals surface area contributed by atoms with Gasteiger partial charge in [-0.2, -0.15) is 0 Å². The summed E-state index contributed by atoms with van der Waals surface area (Å²) in [6, 6.07) is 6.98. The van der Waals surface area contributed by atoms with E-state index >= 15 is 0 Å². The van der Waals surface area contributed by atoms with Gasteiger partial charge in [-0.3, -0.25) is 14.5 Å². The highest BCUT2D eigenvalue weighted by molar-refractivity contribution is 6.12. The van der Waals surface area contributed by atoms with Gasteiger partial charge < -0.3 is 10.5 Å². The fourth-order valence-electron chi connectivity index (χ4n) is 1.51. The van der Waals surface area contributed by atoms with Gasteiger partial charge in [0.05, 0.1) is 6.54 Å². The lowest BCUT2D eigenvalue weighted by Gasteiger charge is -2.14. The predicted octanol–water partition coefficient (Wildman–Crippen LogP) is 0.573. The standard InChI is InChI=1S/C12H12N2O3/c13-9-2-1-3-10(8-9)17-7-6-14-11(15)4-5-12(14)16/h1-5,8H,6-7,13H2. The van der Waals surface area contributed by atoms with Crippen molar-refractivity contribution in [2.24, 2.45) is 0 Å². The van der Waals surface area contributed by atoms with E-state index in [0.717, 1.165) is 4.90 Å². The van der Waals surface area contributed by atoms with Crippen molar-refractivity contribution in [3.8, 4) is 5.75 Å². The minimum Gasteiger partial charge on any atom is -0.492 e. The molecule has 5 nitrogen and oxygen atoms in total. The third-order valence-corrected chi connectivity index (χ3v) is 2.34. The Morgan fingerprint density at radius 1 is 1.18 bits per heavy atom. The normalized spacial score (nSPS) is 14.5. The number of hydrogen-bond donors (Lipinski definition) is 1. The van der Waals surface area contributed by atoms with Gasteiger partial charge in [0.15, 0.2) is 0 Å². The maximum atomic E-state index is 11.2. The van der Waals surface area contributed by atoms with Crippen molar-refractivity contribution in [3.05, 3.63) is 36.4 Å². The van der Waals surface area contributed by atoms with E-state index in [9.17, 15) is 9.59 Å². The van der Waals surface area contributed by atoms with E-state index in [1.807, 2.05) is 0 Å². The molecule has 1 aliphatic rings. The maximum Gasteiger partial charge on any atom is 0.253 e. The minimum absolute atomic E-state index is 0.236. The first-order valence-electron chi connectivity index (χ1n) is 5.19. The van der Waals surface area contributed by atoms with E-state index in [1.165, 1.54) is 12.2 Å². The van der Waals surface area contributed by atoms with Crippen LogP contribution in [0.4, 0.5) is 5.69 Å². The molecule has 0 fully saturated rings. The molecule has 1 aromatic rings. The number of nitrogens with zero attached hydrogens (tertiary/aromatic N) is 1. The molecule has 1 aliphatic heterocycles. The molecule has 0 saturated carbocycles. The number of imide groups is 1. The van der Waals surface area contributed by atoms with Crippen molar-refractivity contribution in [2.75, 3.05) is 18.9 Å². The van der Waals surface area contributed by atoms with Crippen LogP contribution < -0.4 is 10.5 Å². The fraction of sp³-hybridized carbons (Fsp3) is 0.167. The molecule has 2 rings (SSSR count). The summed E-state index contributed by atoms with van der Waals surface area (Å²) in [5, 5.41) is 0. The molecule has 1 heterocycles. The lowest BCUT2D eigenvalue weighted by Crippen LogP contribution is -2.33. The number of rotatable bonds is 4. The van der Waals surface area contributed by atoms with Crippen LogP contribution >= 0.6 is 0 Å². The summed E-state index contributed by atoms with van der Waals surface area (Å²) in [5.74, 6) is 0.0226. The third kappa shape index (κ3) is 2.63.